The SMILES string of the molecule is CN=C(NCCNC(=O)C(C)C)N1CCN(C2CC2)C(=O)C1.I. The van der Waals surface area contributed by atoms with Crippen molar-refractivity contribution in [1.82, 2.24) is 20.4 Å². The highest BCUT2D eigenvalue weighted by atomic mass is 127. The van der Waals surface area contributed by atoms with Crippen molar-refractivity contribution in [2.24, 2.45) is 10.9 Å². The number of hydrogen-bond donors (Lipinski definition) is 2. The van der Waals surface area contributed by atoms with Crippen molar-refractivity contribution >= 4 is 41.8 Å². The highest BCUT2D eigenvalue weighted by molar-refractivity contribution is 14.0. The molecule has 2 rings (SSSR count). The molecule has 0 bridgehead atoms. The standard InChI is InChI=1S/C15H27N5O2.HI/c1-11(2)14(22)17-6-7-18-15(16-3)19-8-9-20(12-4-5-12)13(21)10-19;/h11-12H,4-10H2,1-3H3,(H,16,18)(H,17,22);1H. The van der Waals surface area contributed by atoms with E-state index in [0.717, 1.165) is 31.9 Å². The Balaban J connectivity index is 0.00000264. The van der Waals surface area contributed by atoms with E-state index in [1.807, 2.05) is 23.6 Å². The normalized spacial score (nSPS) is 18.8. The fourth-order valence-electron chi connectivity index (χ4n) is 2.54. The van der Waals surface area contributed by atoms with E-state index in [9.17, 15) is 9.59 Å². The Morgan fingerprint density at radius 2 is 1.91 bits per heavy atom. The lowest BCUT2D eigenvalue weighted by Gasteiger charge is -2.36. The van der Waals surface area contributed by atoms with E-state index < -0.39 is 0 Å². The van der Waals surface area contributed by atoms with Gasteiger partial charge in [-0.2, -0.15) is 0 Å². The van der Waals surface area contributed by atoms with E-state index in [-0.39, 0.29) is 41.7 Å². The summed E-state index contributed by atoms with van der Waals surface area (Å²) in [5.41, 5.74) is 0. The number of carbonyl (C=O) groups excluding carboxylic acids is 2. The van der Waals surface area contributed by atoms with E-state index in [2.05, 4.69) is 15.6 Å². The molecule has 2 amide bonds. The molecule has 1 aliphatic carbocycles. The smallest absolute Gasteiger partial charge is 0.242 e. The fraction of sp³-hybridized carbons (Fsp3) is 0.800. The lowest BCUT2D eigenvalue weighted by atomic mass is 10.2. The molecule has 1 aliphatic heterocycles. The van der Waals surface area contributed by atoms with Gasteiger partial charge < -0.3 is 20.4 Å². The number of halogens is 1. The van der Waals surface area contributed by atoms with Gasteiger partial charge in [0.1, 0.15) is 0 Å². The molecular weight excluding hydrogens is 409 g/mol. The zero-order valence-electron chi connectivity index (χ0n) is 14.2. The van der Waals surface area contributed by atoms with Crippen molar-refractivity contribution in [2.45, 2.75) is 32.7 Å². The first-order chi connectivity index (χ1) is 10.5. The van der Waals surface area contributed by atoms with Crippen molar-refractivity contribution in [1.29, 1.82) is 0 Å². The molecule has 1 saturated heterocycles. The number of rotatable bonds is 5. The number of carbonyl (C=O) groups is 2. The number of guanidine groups is 1. The molecule has 2 N–H and O–H groups in total. The van der Waals surface area contributed by atoms with Crippen LogP contribution in [0.5, 0.6) is 0 Å². The maximum atomic E-state index is 12.1. The minimum atomic E-state index is -0.00700. The Morgan fingerprint density at radius 3 is 2.43 bits per heavy atom. The van der Waals surface area contributed by atoms with Gasteiger partial charge in [-0.3, -0.25) is 14.6 Å². The molecule has 0 radical (unpaired) electrons. The molecule has 0 aromatic rings. The van der Waals surface area contributed by atoms with Gasteiger partial charge in [0.15, 0.2) is 5.96 Å². The average molecular weight is 437 g/mol. The van der Waals surface area contributed by atoms with Gasteiger partial charge in [0.25, 0.3) is 0 Å². The summed E-state index contributed by atoms with van der Waals surface area (Å²) >= 11 is 0. The summed E-state index contributed by atoms with van der Waals surface area (Å²) < 4.78 is 0. The third-order valence-corrected chi connectivity index (χ3v) is 3.99. The van der Waals surface area contributed by atoms with Gasteiger partial charge in [-0.15, -0.1) is 24.0 Å². The van der Waals surface area contributed by atoms with Crippen LogP contribution < -0.4 is 10.6 Å². The van der Waals surface area contributed by atoms with Crippen LogP contribution in [0.15, 0.2) is 4.99 Å². The maximum Gasteiger partial charge on any atom is 0.242 e. The van der Waals surface area contributed by atoms with Crippen LogP contribution in [0.25, 0.3) is 0 Å². The highest BCUT2D eigenvalue weighted by Gasteiger charge is 2.36. The molecule has 23 heavy (non-hydrogen) atoms. The largest absolute Gasteiger partial charge is 0.354 e. The molecule has 0 atom stereocenters. The first-order valence-corrected chi connectivity index (χ1v) is 8.05. The molecule has 1 heterocycles. The monoisotopic (exact) mass is 437 g/mol. The fourth-order valence-corrected chi connectivity index (χ4v) is 2.54. The summed E-state index contributed by atoms with van der Waals surface area (Å²) in [6.07, 6.45) is 2.29. The predicted octanol–water partition coefficient (Wildman–Crippen LogP) is 0.259. The number of nitrogens with zero attached hydrogens (tertiary/aromatic N) is 3. The molecule has 8 heteroatoms. The Morgan fingerprint density at radius 1 is 1.26 bits per heavy atom. The molecular formula is C15H28IN5O2. The third kappa shape index (κ3) is 5.82. The van der Waals surface area contributed by atoms with Crippen LogP contribution in [0, 0.1) is 5.92 Å². The van der Waals surface area contributed by atoms with Crippen molar-refractivity contribution in [3.63, 3.8) is 0 Å². The van der Waals surface area contributed by atoms with Gasteiger partial charge >= 0.3 is 0 Å². The topological polar surface area (TPSA) is 77.0 Å². The van der Waals surface area contributed by atoms with Crippen LogP contribution in [0.1, 0.15) is 26.7 Å². The van der Waals surface area contributed by atoms with Gasteiger partial charge in [0, 0.05) is 45.2 Å². The van der Waals surface area contributed by atoms with E-state index >= 15 is 0 Å². The molecule has 0 aromatic heterocycles. The Labute approximate surface area is 155 Å². The quantitative estimate of drug-likeness (QED) is 0.280. The summed E-state index contributed by atoms with van der Waals surface area (Å²) in [6.45, 7) is 6.84. The lowest BCUT2D eigenvalue weighted by Crippen LogP contribution is -2.56. The second kappa shape index (κ2) is 9.29. The number of piperazine rings is 1. The van der Waals surface area contributed by atoms with Crippen molar-refractivity contribution in [3.8, 4) is 0 Å². The van der Waals surface area contributed by atoms with Crippen LogP contribution in [0.3, 0.4) is 0 Å². The molecule has 0 spiro atoms. The van der Waals surface area contributed by atoms with Crippen molar-refractivity contribution < 1.29 is 9.59 Å². The summed E-state index contributed by atoms with van der Waals surface area (Å²) in [4.78, 5) is 31.8. The first-order valence-electron chi connectivity index (χ1n) is 8.05. The number of amides is 2. The van der Waals surface area contributed by atoms with Crippen LogP contribution >= 0.6 is 24.0 Å². The van der Waals surface area contributed by atoms with E-state index in [1.165, 1.54) is 0 Å². The zero-order chi connectivity index (χ0) is 16.1. The predicted molar refractivity (Wildman–Crippen MR) is 101 cm³/mol. The van der Waals surface area contributed by atoms with E-state index in [0.29, 0.717) is 25.7 Å². The first kappa shape index (κ1) is 20.0. The van der Waals surface area contributed by atoms with Gasteiger partial charge in [0.2, 0.25) is 11.8 Å². The van der Waals surface area contributed by atoms with Crippen LogP contribution in [-0.4, -0.2) is 73.4 Å². The number of hydrogen-bond acceptors (Lipinski definition) is 3. The summed E-state index contributed by atoms with van der Waals surface area (Å²) in [7, 11) is 1.72. The summed E-state index contributed by atoms with van der Waals surface area (Å²) in [5, 5.41) is 6.06. The minimum Gasteiger partial charge on any atom is -0.354 e. The molecule has 132 valence electrons. The second-order valence-electron chi connectivity index (χ2n) is 6.16. The van der Waals surface area contributed by atoms with E-state index in [1.54, 1.807) is 7.05 Å². The van der Waals surface area contributed by atoms with E-state index in [4.69, 9.17) is 0 Å². The third-order valence-electron chi connectivity index (χ3n) is 3.99. The Kier molecular flexibility index (Phi) is 8.07. The van der Waals surface area contributed by atoms with Gasteiger partial charge in [-0.25, -0.2) is 0 Å². The Bertz CT molecular complexity index is 451. The summed E-state index contributed by atoms with van der Waals surface area (Å²) in [5.74, 6) is 0.949. The molecule has 0 unspecified atom stereocenters. The van der Waals surface area contributed by atoms with Crippen LogP contribution in [0.2, 0.25) is 0 Å². The molecule has 0 aromatic carbocycles. The van der Waals surface area contributed by atoms with Crippen LogP contribution in [-0.2, 0) is 9.59 Å². The maximum absolute atomic E-state index is 12.1. The van der Waals surface area contributed by atoms with Crippen molar-refractivity contribution in [3.05, 3.63) is 0 Å². The number of nitrogens with one attached hydrogen (secondary N) is 2. The van der Waals surface area contributed by atoms with Gasteiger partial charge in [-0.1, -0.05) is 13.8 Å². The van der Waals surface area contributed by atoms with Gasteiger partial charge in [0.05, 0.1) is 6.54 Å². The summed E-state index contributed by atoms with van der Waals surface area (Å²) in [6, 6.07) is 0.482. The molecule has 1 saturated carbocycles. The zero-order valence-corrected chi connectivity index (χ0v) is 16.5. The Hall–Kier alpha value is -1.06. The van der Waals surface area contributed by atoms with Crippen molar-refractivity contribution in [2.75, 3.05) is 39.8 Å². The number of aliphatic imine (C=N–C) groups is 1. The average Bonchev–Trinajstić information content (AvgIpc) is 3.31. The lowest BCUT2D eigenvalue weighted by molar-refractivity contribution is -0.135. The molecule has 2 aliphatic rings. The second-order valence-corrected chi connectivity index (χ2v) is 6.16. The highest BCUT2D eigenvalue weighted by Crippen LogP contribution is 2.27. The minimum absolute atomic E-state index is 0. The van der Waals surface area contributed by atoms with Gasteiger partial charge in [-0.05, 0) is 12.8 Å². The molecule has 7 nitrogen and oxygen atoms in total. The molecule has 2 fully saturated rings. The van der Waals surface area contributed by atoms with Crippen LogP contribution in [0.4, 0.5) is 0 Å².